The molecule has 1 amide bonds. The van der Waals surface area contributed by atoms with Gasteiger partial charge in [-0.1, -0.05) is 19.9 Å². The van der Waals surface area contributed by atoms with Crippen LogP contribution in [-0.2, 0) is 0 Å². The van der Waals surface area contributed by atoms with Crippen molar-refractivity contribution in [3.05, 3.63) is 35.1 Å². The van der Waals surface area contributed by atoms with Crippen molar-refractivity contribution in [2.75, 3.05) is 6.54 Å². The van der Waals surface area contributed by atoms with Gasteiger partial charge in [-0.05, 0) is 37.0 Å². The molecule has 1 rings (SSSR count). The molecule has 100 valence electrons. The highest BCUT2D eigenvalue weighted by Crippen LogP contribution is 2.10. The van der Waals surface area contributed by atoms with Gasteiger partial charge in [0.15, 0.2) is 0 Å². The molecule has 18 heavy (non-hydrogen) atoms. The number of benzene rings is 1. The van der Waals surface area contributed by atoms with Crippen LogP contribution in [0.2, 0.25) is 0 Å². The molecule has 1 aromatic rings. The minimum absolute atomic E-state index is 0.0668. The molecule has 3 nitrogen and oxygen atoms in total. The van der Waals surface area contributed by atoms with Crippen LogP contribution in [0, 0.1) is 18.7 Å². The lowest BCUT2D eigenvalue weighted by Crippen LogP contribution is -2.38. The van der Waals surface area contributed by atoms with Crippen LogP contribution < -0.4 is 11.1 Å². The molecule has 1 atom stereocenters. The van der Waals surface area contributed by atoms with Crippen LogP contribution in [0.25, 0.3) is 0 Å². The number of nitrogens with one attached hydrogen (secondary N) is 1. The van der Waals surface area contributed by atoms with Crippen molar-refractivity contribution in [2.24, 2.45) is 11.7 Å². The van der Waals surface area contributed by atoms with E-state index in [1.165, 1.54) is 12.1 Å². The lowest BCUT2D eigenvalue weighted by molar-refractivity contribution is 0.0949. The average molecular weight is 252 g/mol. The lowest BCUT2D eigenvalue weighted by Gasteiger charge is -2.15. The maximum atomic E-state index is 13.1. The summed E-state index contributed by atoms with van der Waals surface area (Å²) in [6, 6.07) is 4.12. The van der Waals surface area contributed by atoms with E-state index < -0.39 is 5.82 Å². The van der Waals surface area contributed by atoms with Gasteiger partial charge in [-0.3, -0.25) is 4.79 Å². The molecular weight excluding hydrogens is 231 g/mol. The van der Waals surface area contributed by atoms with E-state index in [1.54, 1.807) is 13.0 Å². The standard InChI is InChI=1S/C14H21FN2O/c1-9(2)6-12(16)8-17-14(18)13-7-11(15)5-4-10(13)3/h4-5,7,9,12H,6,8,16H2,1-3H3,(H,17,18). The molecule has 0 saturated heterocycles. The van der Waals surface area contributed by atoms with Crippen LogP contribution in [0.15, 0.2) is 18.2 Å². The van der Waals surface area contributed by atoms with Crippen molar-refractivity contribution in [1.29, 1.82) is 0 Å². The summed E-state index contributed by atoms with van der Waals surface area (Å²) in [7, 11) is 0. The third kappa shape index (κ3) is 4.45. The number of rotatable bonds is 5. The third-order valence-electron chi connectivity index (χ3n) is 2.74. The van der Waals surface area contributed by atoms with Gasteiger partial charge in [-0.25, -0.2) is 4.39 Å². The first-order chi connectivity index (χ1) is 8.40. The molecule has 0 spiro atoms. The summed E-state index contributed by atoms with van der Waals surface area (Å²) in [5.41, 5.74) is 7.00. The minimum atomic E-state index is -0.405. The van der Waals surface area contributed by atoms with Gasteiger partial charge >= 0.3 is 0 Å². The van der Waals surface area contributed by atoms with Crippen LogP contribution in [0.1, 0.15) is 36.2 Å². The molecule has 0 heterocycles. The van der Waals surface area contributed by atoms with Gasteiger partial charge in [-0.2, -0.15) is 0 Å². The van der Waals surface area contributed by atoms with E-state index in [-0.39, 0.29) is 11.9 Å². The second-order valence-electron chi connectivity index (χ2n) is 5.06. The third-order valence-corrected chi connectivity index (χ3v) is 2.74. The molecule has 0 aliphatic rings. The Bertz CT molecular complexity index is 418. The Morgan fingerprint density at radius 3 is 2.72 bits per heavy atom. The molecule has 1 unspecified atom stereocenters. The normalized spacial score (nSPS) is 12.6. The van der Waals surface area contributed by atoms with E-state index in [4.69, 9.17) is 5.73 Å². The van der Waals surface area contributed by atoms with E-state index in [1.807, 2.05) is 0 Å². The Balaban J connectivity index is 2.58. The maximum absolute atomic E-state index is 13.1. The second-order valence-corrected chi connectivity index (χ2v) is 5.06. The number of aryl methyl sites for hydroxylation is 1. The summed E-state index contributed by atoms with van der Waals surface area (Å²) in [5, 5.41) is 2.74. The predicted molar refractivity (Wildman–Crippen MR) is 70.9 cm³/mol. The van der Waals surface area contributed by atoms with Gasteiger partial charge in [0.25, 0.3) is 5.91 Å². The van der Waals surface area contributed by atoms with Crippen molar-refractivity contribution in [3.63, 3.8) is 0 Å². The molecule has 0 aliphatic carbocycles. The van der Waals surface area contributed by atoms with Crippen molar-refractivity contribution in [3.8, 4) is 0 Å². The van der Waals surface area contributed by atoms with Gasteiger partial charge in [0.2, 0.25) is 0 Å². The zero-order chi connectivity index (χ0) is 13.7. The zero-order valence-electron chi connectivity index (χ0n) is 11.2. The predicted octanol–water partition coefficient (Wildman–Crippen LogP) is 2.24. The molecule has 0 aliphatic heterocycles. The van der Waals surface area contributed by atoms with Crippen molar-refractivity contribution < 1.29 is 9.18 Å². The molecule has 1 aromatic carbocycles. The Morgan fingerprint density at radius 1 is 1.44 bits per heavy atom. The van der Waals surface area contributed by atoms with E-state index in [0.717, 1.165) is 12.0 Å². The number of carbonyl (C=O) groups excluding carboxylic acids is 1. The highest BCUT2D eigenvalue weighted by atomic mass is 19.1. The SMILES string of the molecule is Cc1ccc(F)cc1C(=O)NCC(N)CC(C)C. The summed E-state index contributed by atoms with van der Waals surface area (Å²) in [5.74, 6) is -0.184. The maximum Gasteiger partial charge on any atom is 0.251 e. The largest absolute Gasteiger partial charge is 0.350 e. The molecule has 0 fully saturated rings. The molecule has 4 heteroatoms. The smallest absolute Gasteiger partial charge is 0.251 e. The Morgan fingerprint density at radius 2 is 2.11 bits per heavy atom. The fourth-order valence-electron chi connectivity index (χ4n) is 1.85. The number of halogens is 1. The summed E-state index contributed by atoms with van der Waals surface area (Å²) in [4.78, 5) is 11.9. The summed E-state index contributed by atoms with van der Waals surface area (Å²) < 4.78 is 13.1. The number of hydrogen-bond donors (Lipinski definition) is 2. The quantitative estimate of drug-likeness (QED) is 0.844. The lowest BCUT2D eigenvalue weighted by atomic mass is 10.0. The van der Waals surface area contributed by atoms with Crippen molar-refractivity contribution in [2.45, 2.75) is 33.2 Å². The fourth-order valence-corrected chi connectivity index (χ4v) is 1.85. The number of amides is 1. The number of hydrogen-bond acceptors (Lipinski definition) is 2. The monoisotopic (exact) mass is 252 g/mol. The Kier molecular flexibility index (Phi) is 5.28. The second kappa shape index (κ2) is 6.50. The molecule has 0 aromatic heterocycles. The fraction of sp³-hybridized carbons (Fsp3) is 0.500. The van der Waals surface area contributed by atoms with Crippen LogP contribution >= 0.6 is 0 Å². The average Bonchev–Trinajstić information content (AvgIpc) is 2.28. The summed E-state index contributed by atoms with van der Waals surface area (Å²) in [6.07, 6.45) is 0.850. The van der Waals surface area contributed by atoms with Gasteiger partial charge in [0.05, 0.1) is 0 Å². The van der Waals surface area contributed by atoms with Crippen molar-refractivity contribution in [1.82, 2.24) is 5.32 Å². The molecule has 0 bridgehead atoms. The van der Waals surface area contributed by atoms with E-state index >= 15 is 0 Å². The van der Waals surface area contributed by atoms with Crippen LogP contribution in [0.4, 0.5) is 4.39 Å². The van der Waals surface area contributed by atoms with Crippen molar-refractivity contribution >= 4 is 5.91 Å². The number of carbonyl (C=O) groups is 1. The molecular formula is C14H21FN2O. The molecule has 3 N–H and O–H groups in total. The van der Waals surface area contributed by atoms with Gasteiger partial charge in [0, 0.05) is 18.2 Å². The van der Waals surface area contributed by atoms with Crippen LogP contribution in [0.5, 0.6) is 0 Å². The topological polar surface area (TPSA) is 55.1 Å². The summed E-state index contributed by atoms with van der Waals surface area (Å²) >= 11 is 0. The first-order valence-corrected chi connectivity index (χ1v) is 6.20. The Hall–Kier alpha value is -1.42. The summed E-state index contributed by atoms with van der Waals surface area (Å²) in [6.45, 7) is 6.35. The molecule has 0 saturated carbocycles. The first kappa shape index (κ1) is 14.6. The van der Waals surface area contributed by atoms with Gasteiger partial charge < -0.3 is 11.1 Å². The van der Waals surface area contributed by atoms with Crippen LogP contribution in [0.3, 0.4) is 0 Å². The van der Waals surface area contributed by atoms with E-state index in [9.17, 15) is 9.18 Å². The van der Waals surface area contributed by atoms with E-state index in [2.05, 4.69) is 19.2 Å². The zero-order valence-corrected chi connectivity index (χ0v) is 11.2. The minimum Gasteiger partial charge on any atom is -0.350 e. The first-order valence-electron chi connectivity index (χ1n) is 6.20. The van der Waals surface area contributed by atoms with Gasteiger partial charge in [-0.15, -0.1) is 0 Å². The highest BCUT2D eigenvalue weighted by molar-refractivity contribution is 5.95. The van der Waals surface area contributed by atoms with Crippen LogP contribution in [-0.4, -0.2) is 18.5 Å². The molecule has 0 radical (unpaired) electrons. The Labute approximate surface area is 108 Å². The highest BCUT2D eigenvalue weighted by Gasteiger charge is 2.12. The number of nitrogens with two attached hydrogens (primary N) is 1. The van der Waals surface area contributed by atoms with E-state index in [0.29, 0.717) is 18.0 Å². The van der Waals surface area contributed by atoms with Gasteiger partial charge in [0.1, 0.15) is 5.82 Å².